The van der Waals surface area contributed by atoms with Crippen LogP contribution in [0.2, 0.25) is 0 Å². The third kappa shape index (κ3) is 1.15. The third-order valence-corrected chi connectivity index (χ3v) is 1.77. The molecule has 6 heteroatoms. The molecule has 4 amide bonds. The fourth-order valence-electron chi connectivity index (χ4n) is 0.501. The van der Waals surface area contributed by atoms with Crippen LogP contribution in [0.3, 0.4) is 0 Å². The Morgan fingerprint density at radius 2 is 1.50 bits per heavy atom. The number of hydrogen-bond donors (Lipinski definition) is 2. The van der Waals surface area contributed by atoms with Gasteiger partial charge in [0.15, 0.2) is 4.83 Å². The Kier molecular flexibility index (Phi) is 1.71. The Hall–Kier alpha value is -0.910. The summed E-state index contributed by atoms with van der Waals surface area (Å²) in [6, 6.07) is -0.772. The zero-order valence-electron chi connectivity index (χ0n) is 4.68. The Labute approximate surface area is 64.3 Å². The van der Waals surface area contributed by atoms with Gasteiger partial charge in [0.25, 0.3) is 11.8 Å². The first kappa shape index (κ1) is 7.20. The van der Waals surface area contributed by atoms with E-state index in [2.05, 4.69) is 15.9 Å². The van der Waals surface area contributed by atoms with Crippen LogP contribution in [0.1, 0.15) is 0 Å². The van der Waals surface area contributed by atoms with Crippen LogP contribution in [0.25, 0.3) is 0 Å². The minimum atomic E-state index is -0.954. The highest BCUT2D eigenvalue weighted by molar-refractivity contribution is 9.10. The maximum Gasteiger partial charge on any atom is 0.328 e. The van der Waals surface area contributed by atoms with Gasteiger partial charge in [-0.3, -0.25) is 20.2 Å². The highest BCUT2D eigenvalue weighted by atomic mass is 79.9. The number of alkyl halides is 1. The van der Waals surface area contributed by atoms with Crippen LogP contribution >= 0.6 is 15.9 Å². The van der Waals surface area contributed by atoms with Crippen molar-refractivity contribution in [3.63, 3.8) is 0 Å². The van der Waals surface area contributed by atoms with Gasteiger partial charge in [-0.05, 0) is 0 Å². The second-order valence-corrected chi connectivity index (χ2v) is 2.59. The lowest BCUT2D eigenvalue weighted by Gasteiger charge is -2.14. The van der Waals surface area contributed by atoms with E-state index in [0.29, 0.717) is 0 Å². The van der Waals surface area contributed by atoms with Gasteiger partial charge in [-0.2, -0.15) is 0 Å². The van der Waals surface area contributed by atoms with E-state index in [1.54, 1.807) is 0 Å². The maximum atomic E-state index is 10.6. The molecule has 5 nitrogen and oxygen atoms in total. The van der Waals surface area contributed by atoms with Crippen molar-refractivity contribution < 1.29 is 14.4 Å². The molecule has 1 fully saturated rings. The van der Waals surface area contributed by atoms with Gasteiger partial charge >= 0.3 is 6.03 Å². The van der Waals surface area contributed by atoms with Gasteiger partial charge in [0.2, 0.25) is 0 Å². The molecule has 0 atom stereocenters. The number of carbonyl (C=O) groups excluding carboxylic acids is 3. The highest BCUT2D eigenvalue weighted by Gasteiger charge is 2.31. The van der Waals surface area contributed by atoms with E-state index in [0.717, 1.165) is 0 Å². The third-order valence-electron chi connectivity index (χ3n) is 0.934. The summed E-state index contributed by atoms with van der Waals surface area (Å²) in [7, 11) is 0. The van der Waals surface area contributed by atoms with Crippen LogP contribution in [0.4, 0.5) is 4.79 Å². The Morgan fingerprint density at radius 3 is 1.90 bits per heavy atom. The Morgan fingerprint density at radius 1 is 1.10 bits per heavy atom. The number of urea groups is 1. The van der Waals surface area contributed by atoms with Crippen LogP contribution in [0.5, 0.6) is 0 Å². The first-order chi connectivity index (χ1) is 4.61. The number of carbonyl (C=O) groups is 3. The molecule has 0 aromatic rings. The lowest BCUT2D eigenvalue weighted by molar-refractivity contribution is -0.128. The largest absolute Gasteiger partial charge is 0.328 e. The van der Waals surface area contributed by atoms with Crippen molar-refractivity contribution in [2.75, 3.05) is 0 Å². The first-order valence-electron chi connectivity index (χ1n) is 2.41. The lowest BCUT2D eigenvalue weighted by atomic mass is 10.3. The molecule has 1 aliphatic rings. The van der Waals surface area contributed by atoms with Crippen molar-refractivity contribution in [1.82, 2.24) is 10.6 Å². The highest BCUT2D eigenvalue weighted by Crippen LogP contribution is 2.02. The fourth-order valence-corrected chi connectivity index (χ4v) is 0.730. The van der Waals surface area contributed by atoms with Crippen molar-refractivity contribution >= 4 is 33.8 Å². The topological polar surface area (TPSA) is 75.3 Å². The fraction of sp³-hybridized carbons (Fsp3) is 0.250. The van der Waals surface area contributed by atoms with Crippen molar-refractivity contribution in [3.05, 3.63) is 0 Å². The quantitative estimate of drug-likeness (QED) is 0.399. The molecule has 0 aliphatic carbocycles. The Bertz CT molecular complexity index is 195. The molecule has 0 unspecified atom stereocenters. The van der Waals surface area contributed by atoms with E-state index in [-0.39, 0.29) is 0 Å². The molecule has 0 aromatic carbocycles. The molecule has 0 aromatic heterocycles. The monoisotopic (exact) mass is 206 g/mol. The molecule has 1 saturated heterocycles. The Balaban J connectivity index is 2.76. The number of nitrogens with one attached hydrogen (secondary N) is 2. The van der Waals surface area contributed by atoms with Crippen LogP contribution in [-0.4, -0.2) is 22.7 Å². The molecule has 0 spiro atoms. The smallest absolute Gasteiger partial charge is 0.276 e. The minimum absolute atomic E-state index is 0.631. The molecule has 1 aliphatic heterocycles. The van der Waals surface area contributed by atoms with Crippen LogP contribution in [0, 0.1) is 0 Å². The molecule has 54 valence electrons. The average molecular weight is 207 g/mol. The molecule has 0 saturated carbocycles. The standard InChI is InChI=1S/C4H3BrN2O3/c5-1-2(8)6-4(10)7-3(1)9/h1H,(H2,6,7,8,9,10). The molecule has 2 N–H and O–H groups in total. The average Bonchev–Trinajstić information content (AvgIpc) is 1.82. The predicted molar refractivity (Wildman–Crippen MR) is 34.4 cm³/mol. The number of halogens is 1. The van der Waals surface area contributed by atoms with Gasteiger partial charge in [-0.15, -0.1) is 0 Å². The summed E-state index contributed by atoms with van der Waals surface area (Å²) in [5.74, 6) is -1.26. The molecule has 0 radical (unpaired) electrons. The molecule has 1 heterocycles. The summed E-state index contributed by atoms with van der Waals surface area (Å²) in [4.78, 5) is 30.5. The van der Waals surface area contributed by atoms with E-state index in [1.165, 1.54) is 0 Å². The van der Waals surface area contributed by atoms with E-state index in [9.17, 15) is 14.4 Å². The molecule has 1 rings (SSSR count). The van der Waals surface area contributed by atoms with Gasteiger partial charge in [-0.1, -0.05) is 15.9 Å². The molecule has 10 heavy (non-hydrogen) atoms. The SMILES string of the molecule is O=C1NC(=O)C(Br)C(=O)N1. The molecular weight excluding hydrogens is 204 g/mol. The van der Waals surface area contributed by atoms with Gasteiger partial charge in [-0.25, -0.2) is 4.79 Å². The minimum Gasteiger partial charge on any atom is -0.276 e. The van der Waals surface area contributed by atoms with E-state index >= 15 is 0 Å². The second kappa shape index (κ2) is 2.37. The number of rotatable bonds is 0. The van der Waals surface area contributed by atoms with Crippen molar-refractivity contribution in [2.24, 2.45) is 0 Å². The number of barbiturate groups is 1. The van der Waals surface area contributed by atoms with Crippen molar-refractivity contribution in [2.45, 2.75) is 4.83 Å². The zero-order valence-corrected chi connectivity index (χ0v) is 6.27. The lowest BCUT2D eigenvalue weighted by Crippen LogP contribution is -2.56. The summed E-state index contributed by atoms with van der Waals surface area (Å²) >= 11 is 2.77. The van der Waals surface area contributed by atoms with Gasteiger partial charge < -0.3 is 0 Å². The van der Waals surface area contributed by atoms with E-state index in [4.69, 9.17) is 0 Å². The summed E-state index contributed by atoms with van der Waals surface area (Å²) in [5.41, 5.74) is 0. The second-order valence-electron chi connectivity index (χ2n) is 1.67. The normalized spacial score (nSPS) is 20.3. The summed E-state index contributed by atoms with van der Waals surface area (Å²) < 4.78 is 0. The van der Waals surface area contributed by atoms with Gasteiger partial charge in [0, 0.05) is 0 Å². The summed E-state index contributed by atoms with van der Waals surface area (Å²) in [6.07, 6.45) is 0. The summed E-state index contributed by atoms with van der Waals surface area (Å²) in [5, 5.41) is 3.81. The van der Waals surface area contributed by atoms with Crippen molar-refractivity contribution in [1.29, 1.82) is 0 Å². The van der Waals surface area contributed by atoms with E-state index < -0.39 is 22.7 Å². The molecular formula is C4H3BrN2O3. The zero-order chi connectivity index (χ0) is 7.72. The van der Waals surface area contributed by atoms with Crippen LogP contribution in [0.15, 0.2) is 0 Å². The van der Waals surface area contributed by atoms with Gasteiger partial charge in [0.05, 0.1) is 0 Å². The maximum absolute atomic E-state index is 10.6. The predicted octanol–water partition coefficient (Wildman–Crippen LogP) is -0.884. The summed E-state index contributed by atoms with van der Waals surface area (Å²) in [6.45, 7) is 0. The molecule has 0 bridgehead atoms. The van der Waals surface area contributed by atoms with Gasteiger partial charge in [0.1, 0.15) is 0 Å². The van der Waals surface area contributed by atoms with Crippen LogP contribution in [-0.2, 0) is 9.59 Å². The van der Waals surface area contributed by atoms with E-state index in [1.807, 2.05) is 10.6 Å². The number of imide groups is 2. The van der Waals surface area contributed by atoms with Crippen molar-refractivity contribution in [3.8, 4) is 0 Å². The number of amides is 4. The number of hydrogen-bond acceptors (Lipinski definition) is 3. The first-order valence-corrected chi connectivity index (χ1v) is 3.32. The van der Waals surface area contributed by atoms with Crippen LogP contribution < -0.4 is 10.6 Å².